The predicted molar refractivity (Wildman–Crippen MR) is 67.0 cm³/mol. The van der Waals surface area contributed by atoms with Crippen molar-refractivity contribution in [3.05, 3.63) is 29.6 Å². The zero-order valence-electron chi connectivity index (χ0n) is 10.5. The van der Waals surface area contributed by atoms with Gasteiger partial charge in [0.15, 0.2) is 11.6 Å². The molecule has 1 heterocycles. The molecule has 0 bridgehead atoms. The first-order valence-electron chi connectivity index (χ1n) is 6.35. The Morgan fingerprint density at radius 1 is 1.47 bits per heavy atom. The van der Waals surface area contributed by atoms with Crippen LogP contribution >= 0.6 is 0 Å². The molecule has 1 fully saturated rings. The van der Waals surface area contributed by atoms with E-state index in [0.717, 1.165) is 25.1 Å². The Balaban J connectivity index is 2.18. The first-order chi connectivity index (χ1) is 8.22. The van der Waals surface area contributed by atoms with Gasteiger partial charge in [0.25, 0.3) is 0 Å². The lowest BCUT2D eigenvalue weighted by Gasteiger charge is -2.30. The molecule has 0 radical (unpaired) electrons. The summed E-state index contributed by atoms with van der Waals surface area (Å²) in [7, 11) is 0. The number of ether oxygens (including phenoxy) is 1. The van der Waals surface area contributed by atoms with Gasteiger partial charge in [0.2, 0.25) is 0 Å². The van der Waals surface area contributed by atoms with E-state index in [-0.39, 0.29) is 5.82 Å². The fraction of sp³-hybridized carbons (Fsp3) is 0.571. The Hall–Kier alpha value is -1.09. The molecule has 3 heteroatoms. The average molecular weight is 237 g/mol. The number of piperidine rings is 1. The normalized spacial score (nSPS) is 24.6. The van der Waals surface area contributed by atoms with E-state index in [1.807, 2.05) is 13.0 Å². The second-order valence-electron chi connectivity index (χ2n) is 4.70. The highest BCUT2D eigenvalue weighted by molar-refractivity contribution is 5.32. The van der Waals surface area contributed by atoms with Gasteiger partial charge in [-0.1, -0.05) is 13.0 Å². The van der Waals surface area contributed by atoms with Crippen molar-refractivity contribution >= 4 is 0 Å². The van der Waals surface area contributed by atoms with Crippen LogP contribution in [0.4, 0.5) is 4.39 Å². The minimum absolute atomic E-state index is 0.241. The van der Waals surface area contributed by atoms with Crippen LogP contribution < -0.4 is 10.1 Å². The van der Waals surface area contributed by atoms with Gasteiger partial charge in [-0.2, -0.15) is 0 Å². The fourth-order valence-electron chi connectivity index (χ4n) is 2.53. The molecule has 2 nitrogen and oxygen atoms in total. The summed E-state index contributed by atoms with van der Waals surface area (Å²) in [6.07, 6.45) is 1.08. The molecule has 0 spiro atoms. The van der Waals surface area contributed by atoms with E-state index < -0.39 is 0 Å². The molecular formula is C14H20FNO. The smallest absolute Gasteiger partial charge is 0.165 e. The molecule has 1 N–H and O–H groups in total. The topological polar surface area (TPSA) is 21.3 Å². The third kappa shape index (κ3) is 2.78. The predicted octanol–water partition coefficient (Wildman–Crippen LogP) is 2.94. The van der Waals surface area contributed by atoms with Crippen LogP contribution in [0, 0.1) is 11.7 Å². The largest absolute Gasteiger partial charge is 0.491 e. The SMILES string of the molecule is CCOc1ccc(C2CCNCC2C)cc1F. The number of nitrogens with one attached hydrogen (secondary N) is 1. The summed E-state index contributed by atoms with van der Waals surface area (Å²) >= 11 is 0. The van der Waals surface area contributed by atoms with Gasteiger partial charge < -0.3 is 10.1 Å². The van der Waals surface area contributed by atoms with Crippen LogP contribution in [0.15, 0.2) is 18.2 Å². The standard InChI is InChI=1S/C14H20FNO/c1-3-17-14-5-4-11(8-13(14)15)12-6-7-16-9-10(12)2/h4-5,8,10,12,16H,3,6-7,9H2,1-2H3. The lowest BCUT2D eigenvalue weighted by molar-refractivity contribution is 0.319. The molecule has 1 saturated heterocycles. The van der Waals surface area contributed by atoms with Crippen LogP contribution in [0.2, 0.25) is 0 Å². The summed E-state index contributed by atoms with van der Waals surface area (Å²) in [5.74, 6) is 1.13. The molecule has 1 aliphatic rings. The molecular weight excluding hydrogens is 217 g/mol. The maximum atomic E-state index is 13.8. The van der Waals surface area contributed by atoms with Crippen LogP contribution in [0.3, 0.4) is 0 Å². The average Bonchev–Trinajstić information content (AvgIpc) is 2.33. The zero-order valence-corrected chi connectivity index (χ0v) is 10.5. The molecule has 0 aliphatic carbocycles. The first kappa shape index (κ1) is 12.4. The number of hydrogen-bond donors (Lipinski definition) is 1. The highest BCUT2D eigenvalue weighted by Crippen LogP contribution is 2.32. The second-order valence-corrected chi connectivity index (χ2v) is 4.70. The van der Waals surface area contributed by atoms with E-state index >= 15 is 0 Å². The number of hydrogen-bond acceptors (Lipinski definition) is 2. The Kier molecular flexibility index (Phi) is 4.00. The maximum absolute atomic E-state index is 13.8. The van der Waals surface area contributed by atoms with E-state index in [4.69, 9.17) is 4.74 Å². The Morgan fingerprint density at radius 3 is 2.94 bits per heavy atom. The highest BCUT2D eigenvalue weighted by Gasteiger charge is 2.23. The van der Waals surface area contributed by atoms with Crippen molar-refractivity contribution in [3.8, 4) is 5.75 Å². The summed E-state index contributed by atoms with van der Waals surface area (Å²) < 4.78 is 19.0. The second kappa shape index (κ2) is 5.50. The van der Waals surface area contributed by atoms with Crippen LogP contribution in [-0.4, -0.2) is 19.7 Å². The lowest BCUT2D eigenvalue weighted by Crippen LogP contribution is -2.33. The summed E-state index contributed by atoms with van der Waals surface area (Å²) in [4.78, 5) is 0. The highest BCUT2D eigenvalue weighted by atomic mass is 19.1. The van der Waals surface area contributed by atoms with Crippen molar-refractivity contribution in [2.75, 3.05) is 19.7 Å². The quantitative estimate of drug-likeness (QED) is 0.872. The van der Waals surface area contributed by atoms with Crippen LogP contribution in [0.1, 0.15) is 31.7 Å². The van der Waals surface area contributed by atoms with E-state index in [1.165, 1.54) is 0 Å². The van der Waals surface area contributed by atoms with Gasteiger partial charge >= 0.3 is 0 Å². The van der Waals surface area contributed by atoms with Crippen molar-refractivity contribution in [3.63, 3.8) is 0 Å². The maximum Gasteiger partial charge on any atom is 0.165 e. The molecule has 2 atom stereocenters. The first-order valence-corrected chi connectivity index (χ1v) is 6.35. The molecule has 0 amide bonds. The van der Waals surface area contributed by atoms with E-state index in [1.54, 1.807) is 12.1 Å². The third-order valence-corrected chi connectivity index (χ3v) is 3.47. The molecule has 0 saturated carbocycles. The summed E-state index contributed by atoms with van der Waals surface area (Å²) in [5, 5.41) is 3.36. The van der Waals surface area contributed by atoms with Crippen molar-refractivity contribution < 1.29 is 9.13 Å². The Bertz CT molecular complexity index is 380. The molecule has 2 rings (SSSR count). The van der Waals surface area contributed by atoms with Crippen LogP contribution in [0.5, 0.6) is 5.75 Å². The molecule has 1 aromatic rings. The van der Waals surface area contributed by atoms with Crippen molar-refractivity contribution in [1.82, 2.24) is 5.32 Å². The van der Waals surface area contributed by atoms with Gasteiger partial charge in [-0.15, -0.1) is 0 Å². The van der Waals surface area contributed by atoms with Gasteiger partial charge in [-0.25, -0.2) is 4.39 Å². The molecule has 2 unspecified atom stereocenters. The van der Waals surface area contributed by atoms with E-state index in [9.17, 15) is 4.39 Å². The fourth-order valence-corrected chi connectivity index (χ4v) is 2.53. The molecule has 17 heavy (non-hydrogen) atoms. The molecule has 1 aliphatic heterocycles. The van der Waals surface area contributed by atoms with Gasteiger partial charge in [0.1, 0.15) is 0 Å². The monoisotopic (exact) mass is 237 g/mol. The Labute approximate surface area is 102 Å². The van der Waals surface area contributed by atoms with Gasteiger partial charge in [-0.3, -0.25) is 0 Å². The number of rotatable bonds is 3. The van der Waals surface area contributed by atoms with Crippen molar-refractivity contribution in [2.24, 2.45) is 5.92 Å². The van der Waals surface area contributed by atoms with Gasteiger partial charge in [0, 0.05) is 0 Å². The minimum Gasteiger partial charge on any atom is -0.491 e. The van der Waals surface area contributed by atoms with E-state index in [2.05, 4.69) is 12.2 Å². The summed E-state index contributed by atoms with van der Waals surface area (Å²) in [6, 6.07) is 5.39. The van der Waals surface area contributed by atoms with Gasteiger partial charge in [0.05, 0.1) is 6.61 Å². The van der Waals surface area contributed by atoms with Crippen molar-refractivity contribution in [1.29, 1.82) is 0 Å². The molecule has 0 aromatic heterocycles. The lowest BCUT2D eigenvalue weighted by atomic mass is 9.82. The van der Waals surface area contributed by atoms with Crippen LogP contribution in [-0.2, 0) is 0 Å². The summed E-state index contributed by atoms with van der Waals surface area (Å²) in [5.41, 5.74) is 1.10. The van der Waals surface area contributed by atoms with Crippen LogP contribution in [0.25, 0.3) is 0 Å². The van der Waals surface area contributed by atoms with Gasteiger partial charge in [-0.05, 0) is 56.0 Å². The molecule has 1 aromatic carbocycles. The number of benzene rings is 1. The number of halogens is 1. The summed E-state index contributed by atoms with van der Waals surface area (Å²) in [6.45, 7) is 6.61. The van der Waals surface area contributed by atoms with E-state index in [0.29, 0.717) is 24.2 Å². The third-order valence-electron chi connectivity index (χ3n) is 3.47. The Morgan fingerprint density at radius 2 is 2.29 bits per heavy atom. The minimum atomic E-state index is -0.241. The molecule has 94 valence electrons. The van der Waals surface area contributed by atoms with Crippen molar-refractivity contribution in [2.45, 2.75) is 26.2 Å². The zero-order chi connectivity index (χ0) is 12.3.